The molecular weight excluding hydrogens is 226 g/mol. The second kappa shape index (κ2) is 4.01. The minimum atomic E-state index is -0.404. The highest BCUT2D eigenvalue weighted by Crippen LogP contribution is 2.56. The Bertz CT molecular complexity index is 382. The summed E-state index contributed by atoms with van der Waals surface area (Å²) in [5, 5.41) is 3.09. The monoisotopic (exact) mass is 249 g/mol. The molecule has 0 aromatic carbocycles. The van der Waals surface area contributed by atoms with E-state index in [0.717, 1.165) is 24.2 Å². The maximum absolute atomic E-state index is 11.8. The highest BCUT2D eigenvalue weighted by Gasteiger charge is 2.52. The molecule has 2 saturated carbocycles. The highest BCUT2D eigenvalue weighted by atomic mass is 16.6. The summed E-state index contributed by atoms with van der Waals surface area (Å²) in [6, 6.07) is 0.339. The van der Waals surface area contributed by atoms with Crippen molar-refractivity contribution in [3.63, 3.8) is 0 Å². The minimum absolute atomic E-state index is 0.248. The summed E-state index contributed by atoms with van der Waals surface area (Å²) in [6.45, 7) is 5.72. The lowest BCUT2D eigenvalue weighted by Gasteiger charge is -2.32. The Morgan fingerprint density at radius 2 is 2.06 bits per heavy atom. The predicted molar refractivity (Wildman–Crippen MR) is 70.1 cm³/mol. The van der Waals surface area contributed by atoms with Crippen molar-refractivity contribution in [1.29, 1.82) is 0 Å². The van der Waals surface area contributed by atoms with E-state index in [9.17, 15) is 4.79 Å². The van der Waals surface area contributed by atoms with E-state index in [0.29, 0.717) is 12.0 Å². The van der Waals surface area contributed by atoms with Gasteiger partial charge in [-0.2, -0.15) is 0 Å². The number of ether oxygens (including phenoxy) is 1. The summed E-state index contributed by atoms with van der Waals surface area (Å²) < 4.78 is 5.35. The molecule has 0 saturated heterocycles. The van der Waals surface area contributed by atoms with Crippen LogP contribution in [-0.4, -0.2) is 17.7 Å². The van der Waals surface area contributed by atoms with E-state index in [4.69, 9.17) is 4.74 Å². The molecule has 0 aliphatic heterocycles. The van der Waals surface area contributed by atoms with Crippen molar-refractivity contribution < 1.29 is 9.53 Å². The SMILES string of the molecule is CC(C)(C)OC(=O)NC1CC2CC1C1CC=CC21. The Labute approximate surface area is 109 Å². The van der Waals surface area contributed by atoms with Gasteiger partial charge in [-0.15, -0.1) is 0 Å². The number of carbonyl (C=O) groups excluding carboxylic acids is 1. The van der Waals surface area contributed by atoms with Gasteiger partial charge in [-0.25, -0.2) is 4.79 Å². The second-order valence-corrected chi connectivity index (χ2v) is 7.05. The van der Waals surface area contributed by atoms with E-state index >= 15 is 0 Å². The van der Waals surface area contributed by atoms with Crippen LogP contribution < -0.4 is 5.32 Å². The van der Waals surface area contributed by atoms with E-state index in [1.54, 1.807) is 0 Å². The van der Waals surface area contributed by atoms with Gasteiger partial charge in [0.1, 0.15) is 5.60 Å². The van der Waals surface area contributed by atoms with E-state index in [-0.39, 0.29) is 6.09 Å². The second-order valence-electron chi connectivity index (χ2n) is 7.05. The van der Waals surface area contributed by atoms with Crippen LogP contribution >= 0.6 is 0 Å². The molecule has 3 aliphatic carbocycles. The Balaban J connectivity index is 1.59. The van der Waals surface area contributed by atoms with Crippen molar-refractivity contribution in [2.75, 3.05) is 0 Å². The van der Waals surface area contributed by atoms with Crippen LogP contribution in [0.15, 0.2) is 12.2 Å². The molecule has 2 fully saturated rings. The molecule has 0 aromatic heterocycles. The van der Waals surface area contributed by atoms with Crippen LogP contribution in [0.2, 0.25) is 0 Å². The maximum atomic E-state index is 11.8. The molecule has 0 spiro atoms. The molecule has 1 N–H and O–H groups in total. The van der Waals surface area contributed by atoms with Crippen LogP contribution in [0, 0.1) is 23.7 Å². The van der Waals surface area contributed by atoms with Gasteiger partial charge >= 0.3 is 6.09 Å². The standard InChI is InChI=1S/C15H23NO2/c1-15(2,3)18-14(17)16-13-8-9-7-12(13)11-6-4-5-10(9)11/h4-5,9-13H,6-8H2,1-3H3,(H,16,17). The van der Waals surface area contributed by atoms with Crippen LogP contribution in [-0.2, 0) is 4.74 Å². The summed E-state index contributed by atoms with van der Waals surface area (Å²) >= 11 is 0. The van der Waals surface area contributed by atoms with Gasteiger partial charge < -0.3 is 10.1 Å². The highest BCUT2D eigenvalue weighted by molar-refractivity contribution is 5.68. The third-order valence-electron chi connectivity index (χ3n) is 4.71. The van der Waals surface area contributed by atoms with Crippen LogP contribution in [0.1, 0.15) is 40.0 Å². The Hall–Kier alpha value is -0.990. The zero-order valence-electron chi connectivity index (χ0n) is 11.5. The van der Waals surface area contributed by atoms with Gasteiger partial charge in [0.25, 0.3) is 0 Å². The zero-order chi connectivity index (χ0) is 12.9. The molecule has 100 valence electrons. The minimum Gasteiger partial charge on any atom is -0.444 e. The number of carbonyl (C=O) groups is 1. The molecule has 0 aromatic rings. The molecule has 18 heavy (non-hydrogen) atoms. The first-order valence-corrected chi connectivity index (χ1v) is 7.10. The molecular formula is C15H23NO2. The first-order chi connectivity index (χ1) is 8.44. The molecule has 5 unspecified atom stereocenters. The normalized spacial score (nSPS) is 40.9. The average molecular weight is 249 g/mol. The first kappa shape index (κ1) is 12.1. The maximum Gasteiger partial charge on any atom is 0.407 e. The van der Waals surface area contributed by atoms with Crippen molar-refractivity contribution >= 4 is 6.09 Å². The number of hydrogen-bond donors (Lipinski definition) is 1. The molecule has 3 heteroatoms. The molecule has 3 rings (SSSR count). The lowest BCUT2D eigenvalue weighted by atomic mass is 9.79. The number of amides is 1. The van der Waals surface area contributed by atoms with Crippen LogP contribution in [0.3, 0.4) is 0 Å². The van der Waals surface area contributed by atoms with Crippen molar-refractivity contribution in [2.24, 2.45) is 23.7 Å². The number of hydrogen-bond acceptors (Lipinski definition) is 2. The third-order valence-corrected chi connectivity index (χ3v) is 4.71. The quantitative estimate of drug-likeness (QED) is 0.725. The van der Waals surface area contributed by atoms with Crippen molar-refractivity contribution in [1.82, 2.24) is 5.32 Å². The van der Waals surface area contributed by atoms with Gasteiger partial charge in [0.15, 0.2) is 0 Å². The van der Waals surface area contributed by atoms with Gasteiger partial charge in [0.2, 0.25) is 0 Å². The topological polar surface area (TPSA) is 38.3 Å². The summed E-state index contributed by atoms with van der Waals surface area (Å²) in [7, 11) is 0. The largest absolute Gasteiger partial charge is 0.444 e. The molecule has 0 heterocycles. The zero-order valence-corrected chi connectivity index (χ0v) is 11.5. The third kappa shape index (κ3) is 2.04. The van der Waals surface area contributed by atoms with Crippen molar-refractivity contribution in [3.8, 4) is 0 Å². The lowest BCUT2D eigenvalue weighted by Crippen LogP contribution is -2.44. The van der Waals surface area contributed by atoms with E-state index in [1.807, 2.05) is 20.8 Å². The van der Waals surface area contributed by atoms with Gasteiger partial charge in [-0.3, -0.25) is 0 Å². The van der Waals surface area contributed by atoms with E-state index in [2.05, 4.69) is 17.5 Å². The fourth-order valence-corrected chi connectivity index (χ4v) is 4.18. The summed E-state index contributed by atoms with van der Waals surface area (Å²) in [5.74, 6) is 3.04. The fraction of sp³-hybridized carbons (Fsp3) is 0.800. The van der Waals surface area contributed by atoms with Gasteiger partial charge in [-0.1, -0.05) is 12.2 Å². The Morgan fingerprint density at radius 1 is 1.28 bits per heavy atom. The molecule has 0 radical (unpaired) electrons. The van der Waals surface area contributed by atoms with Crippen LogP contribution in [0.4, 0.5) is 4.79 Å². The van der Waals surface area contributed by atoms with Gasteiger partial charge in [-0.05, 0) is 63.7 Å². The number of alkyl carbamates (subject to hydrolysis) is 1. The Kier molecular flexibility index (Phi) is 2.68. The average Bonchev–Trinajstić information content (AvgIpc) is 2.81. The molecule has 3 nitrogen and oxygen atoms in total. The smallest absolute Gasteiger partial charge is 0.407 e. The molecule has 1 amide bonds. The van der Waals surface area contributed by atoms with Crippen LogP contribution in [0.25, 0.3) is 0 Å². The summed E-state index contributed by atoms with van der Waals surface area (Å²) in [6.07, 6.45) is 8.11. The summed E-state index contributed by atoms with van der Waals surface area (Å²) in [5.41, 5.74) is -0.404. The summed E-state index contributed by atoms with van der Waals surface area (Å²) in [4.78, 5) is 11.8. The van der Waals surface area contributed by atoms with E-state index < -0.39 is 5.60 Å². The number of fused-ring (bicyclic) bond motifs is 5. The van der Waals surface area contributed by atoms with Crippen LogP contribution in [0.5, 0.6) is 0 Å². The van der Waals surface area contributed by atoms with Gasteiger partial charge in [0, 0.05) is 6.04 Å². The molecule has 3 aliphatic rings. The lowest BCUT2D eigenvalue weighted by molar-refractivity contribution is 0.0470. The predicted octanol–water partition coefficient (Wildman–Crippen LogP) is 3.11. The fourth-order valence-electron chi connectivity index (χ4n) is 4.18. The Morgan fingerprint density at radius 3 is 2.78 bits per heavy atom. The van der Waals surface area contributed by atoms with Crippen molar-refractivity contribution in [3.05, 3.63) is 12.2 Å². The van der Waals surface area contributed by atoms with Gasteiger partial charge in [0.05, 0.1) is 0 Å². The number of nitrogens with one attached hydrogen (secondary N) is 1. The van der Waals surface area contributed by atoms with Crippen molar-refractivity contribution in [2.45, 2.75) is 51.7 Å². The first-order valence-electron chi connectivity index (χ1n) is 7.10. The molecule has 5 atom stereocenters. The number of rotatable bonds is 1. The van der Waals surface area contributed by atoms with E-state index in [1.165, 1.54) is 12.8 Å². The molecule has 2 bridgehead atoms. The number of allylic oxidation sites excluding steroid dienone is 2.